The minimum atomic E-state index is -0.479. The smallest absolute Gasteiger partial charge is 0.328 e. The predicted molar refractivity (Wildman–Crippen MR) is 113 cm³/mol. The minimum absolute atomic E-state index is 0.0464. The molecule has 5 heterocycles. The van der Waals surface area contributed by atoms with Gasteiger partial charge in [-0.15, -0.1) is 0 Å². The predicted octanol–water partition coefficient (Wildman–Crippen LogP) is 1.30. The third-order valence-corrected chi connectivity index (χ3v) is 6.55. The summed E-state index contributed by atoms with van der Waals surface area (Å²) in [5.41, 5.74) is 2.03. The van der Waals surface area contributed by atoms with Crippen molar-refractivity contribution >= 4 is 17.8 Å². The highest BCUT2D eigenvalue weighted by atomic mass is 16.5. The molecule has 1 aliphatic carbocycles. The van der Waals surface area contributed by atoms with E-state index in [1.54, 1.807) is 11.1 Å². The van der Waals surface area contributed by atoms with E-state index in [1.165, 1.54) is 0 Å². The second-order valence-electron chi connectivity index (χ2n) is 8.82. The van der Waals surface area contributed by atoms with Crippen molar-refractivity contribution in [1.29, 1.82) is 0 Å². The first kappa shape index (κ1) is 18.5. The summed E-state index contributed by atoms with van der Waals surface area (Å²) in [5, 5.41) is 9.33. The van der Waals surface area contributed by atoms with Crippen LogP contribution in [0.1, 0.15) is 31.2 Å². The minimum Gasteiger partial charge on any atom is -0.492 e. The van der Waals surface area contributed by atoms with Crippen LogP contribution in [-0.4, -0.2) is 64.5 Å². The van der Waals surface area contributed by atoms with Gasteiger partial charge in [-0.25, -0.2) is 9.78 Å². The fourth-order valence-corrected chi connectivity index (χ4v) is 4.77. The van der Waals surface area contributed by atoms with Crippen LogP contribution in [0.5, 0.6) is 5.75 Å². The van der Waals surface area contributed by atoms with Gasteiger partial charge in [0.1, 0.15) is 23.4 Å². The highest BCUT2D eigenvalue weighted by Crippen LogP contribution is 2.34. The number of pyridine rings is 1. The van der Waals surface area contributed by atoms with Crippen LogP contribution in [0, 0.1) is 0 Å². The summed E-state index contributed by atoms with van der Waals surface area (Å²) in [7, 11) is 0. The number of fused-ring (bicyclic) bond motifs is 4. The van der Waals surface area contributed by atoms with Crippen molar-refractivity contribution < 1.29 is 14.3 Å². The van der Waals surface area contributed by atoms with Gasteiger partial charge < -0.3 is 20.3 Å². The molecule has 6 rings (SSSR count). The van der Waals surface area contributed by atoms with Crippen LogP contribution in [0.4, 0.5) is 10.6 Å². The van der Waals surface area contributed by atoms with Gasteiger partial charge in [-0.3, -0.25) is 15.0 Å². The summed E-state index contributed by atoms with van der Waals surface area (Å²) in [6.07, 6.45) is 10.4. The normalized spacial score (nSPS) is 25.9. The lowest BCUT2D eigenvalue weighted by atomic mass is 10.1. The first-order valence-electron chi connectivity index (χ1n) is 11.1. The monoisotopic (exact) mass is 422 g/mol. The Morgan fingerprint density at radius 3 is 3.03 bits per heavy atom. The number of hydrogen-bond donors (Lipinski definition) is 3. The highest BCUT2D eigenvalue weighted by molar-refractivity contribution is 5.91. The molecule has 9 nitrogen and oxygen atoms in total. The van der Waals surface area contributed by atoms with Gasteiger partial charge in [-0.1, -0.05) is 6.08 Å². The molecule has 2 fully saturated rings. The number of anilines is 1. The summed E-state index contributed by atoms with van der Waals surface area (Å²) < 4.78 is 5.62. The molecule has 2 atom stereocenters. The molecule has 31 heavy (non-hydrogen) atoms. The summed E-state index contributed by atoms with van der Waals surface area (Å²) in [6, 6.07) is 1.54. The van der Waals surface area contributed by atoms with E-state index in [0.29, 0.717) is 24.3 Å². The van der Waals surface area contributed by atoms with Crippen LogP contribution in [-0.2, 0) is 11.2 Å². The molecule has 9 heteroatoms. The number of allylic oxidation sites excluding steroid dienone is 1. The summed E-state index contributed by atoms with van der Waals surface area (Å²) in [6.45, 7) is 2.40. The molecule has 1 saturated heterocycles. The molecule has 0 radical (unpaired) electrons. The van der Waals surface area contributed by atoms with Gasteiger partial charge in [0, 0.05) is 19.1 Å². The lowest BCUT2D eigenvalue weighted by Crippen LogP contribution is -2.56. The molecule has 1 unspecified atom stereocenters. The molecule has 3 N–H and O–H groups in total. The van der Waals surface area contributed by atoms with E-state index in [1.807, 2.05) is 18.2 Å². The van der Waals surface area contributed by atoms with Crippen molar-refractivity contribution in [3.05, 3.63) is 41.5 Å². The van der Waals surface area contributed by atoms with Crippen LogP contribution < -0.4 is 20.7 Å². The Morgan fingerprint density at radius 2 is 2.16 bits per heavy atom. The molecule has 1 aromatic rings. The SMILES string of the molecule is O=C(NC1CC1)C1C=CC2=C(N1)N(C(=O)Nc1cc3c(cn1)OCCC3)[C@H]1CCN2C1. The van der Waals surface area contributed by atoms with E-state index in [2.05, 4.69) is 25.8 Å². The van der Waals surface area contributed by atoms with Crippen molar-refractivity contribution in [2.24, 2.45) is 0 Å². The lowest BCUT2D eigenvalue weighted by Gasteiger charge is -2.40. The maximum absolute atomic E-state index is 13.4. The van der Waals surface area contributed by atoms with Crippen LogP contribution in [0.15, 0.2) is 35.9 Å². The average Bonchev–Trinajstić information content (AvgIpc) is 3.51. The van der Waals surface area contributed by atoms with Gasteiger partial charge in [-0.2, -0.15) is 0 Å². The number of dihydropyridines is 1. The first-order chi connectivity index (χ1) is 15.2. The van der Waals surface area contributed by atoms with E-state index in [9.17, 15) is 9.59 Å². The fourth-order valence-electron chi connectivity index (χ4n) is 4.77. The van der Waals surface area contributed by atoms with Gasteiger partial charge in [-0.05, 0) is 49.8 Å². The van der Waals surface area contributed by atoms with Crippen molar-refractivity contribution in [2.45, 2.75) is 50.2 Å². The van der Waals surface area contributed by atoms with Crippen molar-refractivity contribution in [2.75, 3.05) is 25.0 Å². The Kier molecular flexibility index (Phi) is 4.29. The van der Waals surface area contributed by atoms with Gasteiger partial charge in [0.15, 0.2) is 0 Å². The van der Waals surface area contributed by atoms with E-state index >= 15 is 0 Å². The molecule has 1 aromatic heterocycles. The molecule has 0 aromatic carbocycles. The number of carbonyl (C=O) groups excluding carboxylic acids is 2. The molecule has 5 aliphatic rings. The first-order valence-corrected chi connectivity index (χ1v) is 11.1. The second-order valence-corrected chi connectivity index (χ2v) is 8.82. The van der Waals surface area contributed by atoms with E-state index in [4.69, 9.17) is 4.74 Å². The van der Waals surface area contributed by atoms with Gasteiger partial charge in [0.25, 0.3) is 0 Å². The Hall–Kier alpha value is -3.23. The highest BCUT2D eigenvalue weighted by Gasteiger charge is 2.43. The lowest BCUT2D eigenvalue weighted by molar-refractivity contribution is -0.122. The summed E-state index contributed by atoms with van der Waals surface area (Å²) in [5.74, 6) is 1.97. The second kappa shape index (κ2) is 7.18. The average molecular weight is 422 g/mol. The molecule has 3 amide bonds. The molecule has 4 aliphatic heterocycles. The number of urea groups is 1. The standard InChI is InChI=1S/C22H26N6O3/c29-21(24-14-3-4-14)16-5-6-17-20(25-16)28(15-7-8-27(17)12-15)22(30)26-19-10-13-2-1-9-31-18(13)11-23-19/h5-6,10-11,14-16,25H,1-4,7-9,12H2,(H,24,29)(H,23,26,30)/t15-,16?/m0/s1. The Labute approximate surface area is 180 Å². The number of aryl methyl sites for hydroxylation is 1. The number of rotatable bonds is 3. The van der Waals surface area contributed by atoms with E-state index < -0.39 is 6.04 Å². The van der Waals surface area contributed by atoms with Crippen LogP contribution in [0.3, 0.4) is 0 Å². The largest absolute Gasteiger partial charge is 0.492 e. The Bertz CT molecular complexity index is 1000. The maximum atomic E-state index is 13.4. The number of ether oxygens (including phenoxy) is 1. The molecule has 0 spiro atoms. The number of aromatic nitrogens is 1. The van der Waals surface area contributed by atoms with E-state index in [0.717, 1.165) is 62.2 Å². The molecule has 1 saturated carbocycles. The van der Waals surface area contributed by atoms with E-state index in [-0.39, 0.29) is 18.0 Å². The number of amides is 3. The maximum Gasteiger partial charge on any atom is 0.328 e. The van der Waals surface area contributed by atoms with Crippen molar-refractivity contribution in [1.82, 2.24) is 25.4 Å². The number of carbonyl (C=O) groups is 2. The molecule has 2 bridgehead atoms. The van der Waals surface area contributed by atoms with Crippen LogP contribution in [0.25, 0.3) is 0 Å². The summed E-state index contributed by atoms with van der Waals surface area (Å²) >= 11 is 0. The molecule has 162 valence electrons. The fraction of sp³-hybridized carbons (Fsp3) is 0.500. The Morgan fingerprint density at radius 1 is 1.26 bits per heavy atom. The topological polar surface area (TPSA) is 98.8 Å². The Balaban J connectivity index is 1.24. The van der Waals surface area contributed by atoms with Crippen molar-refractivity contribution in [3.8, 4) is 5.75 Å². The number of hydrogen-bond acceptors (Lipinski definition) is 6. The van der Waals surface area contributed by atoms with Gasteiger partial charge in [0.2, 0.25) is 5.91 Å². The zero-order chi connectivity index (χ0) is 20.9. The summed E-state index contributed by atoms with van der Waals surface area (Å²) in [4.78, 5) is 34.4. The zero-order valence-corrected chi connectivity index (χ0v) is 17.3. The third-order valence-electron chi connectivity index (χ3n) is 6.55. The van der Waals surface area contributed by atoms with Gasteiger partial charge >= 0.3 is 6.03 Å². The van der Waals surface area contributed by atoms with Crippen molar-refractivity contribution in [3.63, 3.8) is 0 Å². The molecular formula is C22H26N6O3. The zero-order valence-electron chi connectivity index (χ0n) is 17.3. The van der Waals surface area contributed by atoms with Crippen LogP contribution >= 0.6 is 0 Å². The number of nitrogens with zero attached hydrogens (tertiary/aromatic N) is 3. The quantitative estimate of drug-likeness (QED) is 0.679. The van der Waals surface area contributed by atoms with Gasteiger partial charge in [0.05, 0.1) is 24.5 Å². The number of nitrogens with one attached hydrogen (secondary N) is 3. The van der Waals surface area contributed by atoms with Crippen LogP contribution in [0.2, 0.25) is 0 Å². The molecular weight excluding hydrogens is 396 g/mol. The third kappa shape index (κ3) is 3.37.